The van der Waals surface area contributed by atoms with E-state index >= 15 is 0 Å². The van der Waals surface area contributed by atoms with Crippen LogP contribution in [0.5, 0.6) is 0 Å². The third-order valence-electron chi connectivity index (χ3n) is 7.23. The fourth-order valence-electron chi connectivity index (χ4n) is 5.21. The second-order valence-electron chi connectivity index (χ2n) is 9.14. The third kappa shape index (κ3) is 9.45. The molecule has 0 bridgehead atoms. The maximum atomic E-state index is 9.98. The second-order valence-corrected chi connectivity index (χ2v) is 9.14. The maximum absolute atomic E-state index is 9.98. The van der Waals surface area contributed by atoms with E-state index in [1.165, 1.54) is 101 Å². The topological polar surface area (TPSA) is 40.1 Å². The lowest BCUT2D eigenvalue weighted by Crippen LogP contribution is -2.59. The Bertz CT molecular complexity index is 353. The van der Waals surface area contributed by atoms with E-state index in [-0.39, 0.29) is 6.42 Å². The highest BCUT2D eigenvalue weighted by molar-refractivity contribution is 5.63. The van der Waals surface area contributed by atoms with Gasteiger partial charge in [-0.15, -0.1) is 0 Å². The fourth-order valence-corrected chi connectivity index (χ4v) is 5.21. The minimum absolute atomic E-state index is 0.228. The van der Waals surface area contributed by atoms with Crippen molar-refractivity contribution in [1.29, 1.82) is 0 Å². The zero-order chi connectivity index (χ0) is 20.0. The van der Waals surface area contributed by atoms with Gasteiger partial charge in [0.15, 0.2) is 0 Å². The molecule has 0 aromatic rings. The summed E-state index contributed by atoms with van der Waals surface area (Å²) in [5.74, 6) is -0.916. The van der Waals surface area contributed by atoms with Gasteiger partial charge in [-0.1, -0.05) is 51.9 Å². The van der Waals surface area contributed by atoms with Crippen LogP contribution in [0.1, 0.15) is 123 Å². The van der Waals surface area contributed by atoms with Crippen molar-refractivity contribution >= 4 is 5.97 Å². The van der Waals surface area contributed by atoms with Crippen LogP contribution in [0.2, 0.25) is 0 Å². The molecule has 0 unspecified atom stereocenters. The van der Waals surface area contributed by atoms with Crippen molar-refractivity contribution in [3.8, 4) is 0 Å². The van der Waals surface area contributed by atoms with Crippen LogP contribution in [-0.2, 0) is 4.79 Å². The molecule has 0 radical (unpaired) electrons. The zero-order valence-electron chi connectivity index (χ0n) is 18.6. The van der Waals surface area contributed by atoms with Crippen molar-refractivity contribution in [2.24, 2.45) is 0 Å². The summed E-state index contributed by atoms with van der Waals surface area (Å²) in [6.07, 6.45) is 21.9. The number of hydrogen-bond donors (Lipinski definition) is 0. The van der Waals surface area contributed by atoms with Crippen molar-refractivity contribution < 1.29 is 14.4 Å². The van der Waals surface area contributed by atoms with Gasteiger partial charge in [0.05, 0.1) is 25.7 Å². The fraction of sp³-hybridized carbons (Fsp3) is 0.958. The monoisotopic (exact) mass is 381 g/mol. The van der Waals surface area contributed by atoms with Gasteiger partial charge in [0.1, 0.15) is 0 Å². The molecule has 0 heterocycles. The summed E-state index contributed by atoms with van der Waals surface area (Å²) < 4.78 is 1.40. The standard InChI is InChI=1S/C15H30N.C9H18O2/c1-3-16(2,14-10-6-4-7-11-14)15-12-8-5-9-13-15;1-2-3-4-5-6-7-8-9(10)11/h14-15H,3-13H2,1-2H3;2-8H2,1H3,(H,10,11)/q+1;/p-1. The summed E-state index contributed by atoms with van der Waals surface area (Å²) in [6, 6.07) is 1.98. The lowest BCUT2D eigenvalue weighted by atomic mass is 9.86. The number of quaternary nitrogens is 1. The van der Waals surface area contributed by atoms with Crippen LogP contribution in [0.15, 0.2) is 0 Å². The molecule has 0 atom stereocenters. The van der Waals surface area contributed by atoms with Gasteiger partial charge < -0.3 is 14.4 Å². The van der Waals surface area contributed by atoms with Crippen LogP contribution in [-0.4, -0.2) is 36.1 Å². The zero-order valence-corrected chi connectivity index (χ0v) is 18.6. The van der Waals surface area contributed by atoms with Crippen LogP contribution < -0.4 is 5.11 Å². The Morgan fingerprint density at radius 2 is 1.22 bits per heavy atom. The smallest absolute Gasteiger partial charge is 0.0890 e. The SMILES string of the molecule is CCCCCCCCC(=O)[O-].CC[N+](C)(C1CCCCC1)C1CCCCC1. The summed E-state index contributed by atoms with van der Waals surface area (Å²) >= 11 is 0. The van der Waals surface area contributed by atoms with Gasteiger partial charge in [0, 0.05) is 5.97 Å². The number of carbonyl (C=O) groups is 1. The average Bonchev–Trinajstić information content (AvgIpc) is 2.71. The number of nitrogens with zero attached hydrogens (tertiary/aromatic N) is 1. The molecule has 2 fully saturated rings. The molecule has 0 amide bonds. The Balaban J connectivity index is 0.000000293. The highest BCUT2D eigenvalue weighted by atomic mass is 16.4. The number of unbranched alkanes of at least 4 members (excludes halogenated alkanes) is 5. The lowest BCUT2D eigenvalue weighted by Gasteiger charge is -2.49. The van der Waals surface area contributed by atoms with Gasteiger partial charge in [-0.05, 0) is 71.1 Å². The van der Waals surface area contributed by atoms with Crippen molar-refractivity contribution in [2.45, 2.75) is 135 Å². The molecule has 3 nitrogen and oxygen atoms in total. The number of hydrogen-bond acceptors (Lipinski definition) is 2. The Labute approximate surface area is 169 Å². The van der Waals surface area contributed by atoms with E-state index in [1.54, 1.807) is 0 Å². The van der Waals surface area contributed by atoms with E-state index in [9.17, 15) is 9.90 Å². The van der Waals surface area contributed by atoms with Gasteiger partial charge >= 0.3 is 0 Å². The van der Waals surface area contributed by atoms with E-state index < -0.39 is 5.97 Å². The van der Waals surface area contributed by atoms with Crippen molar-refractivity contribution in [1.82, 2.24) is 0 Å². The van der Waals surface area contributed by atoms with Crippen molar-refractivity contribution in [3.63, 3.8) is 0 Å². The molecular formula is C24H47NO2. The summed E-state index contributed by atoms with van der Waals surface area (Å²) in [5.41, 5.74) is 0. The number of carbonyl (C=O) groups excluding carboxylic acids is 1. The molecule has 3 heteroatoms. The molecule has 0 saturated heterocycles. The lowest BCUT2D eigenvalue weighted by molar-refractivity contribution is -0.957. The second kappa shape index (κ2) is 14.4. The molecule has 160 valence electrons. The normalized spacial score (nSPS) is 19.4. The molecule has 0 N–H and O–H groups in total. The van der Waals surface area contributed by atoms with Gasteiger partial charge in [0.25, 0.3) is 0 Å². The van der Waals surface area contributed by atoms with E-state index in [0.717, 1.165) is 24.9 Å². The Morgan fingerprint density at radius 3 is 1.63 bits per heavy atom. The number of carboxylic acid groups (broad SMARTS) is 1. The number of carboxylic acids is 1. The Morgan fingerprint density at radius 1 is 0.778 bits per heavy atom. The largest absolute Gasteiger partial charge is 0.550 e. The molecule has 27 heavy (non-hydrogen) atoms. The first-order valence-corrected chi connectivity index (χ1v) is 12.1. The Kier molecular flexibility index (Phi) is 13.1. The minimum atomic E-state index is -0.916. The highest BCUT2D eigenvalue weighted by Crippen LogP contribution is 2.34. The van der Waals surface area contributed by atoms with Gasteiger partial charge in [-0.2, -0.15) is 0 Å². The first-order chi connectivity index (χ1) is 13.0. The molecule has 2 rings (SSSR count). The van der Waals surface area contributed by atoms with Crippen LogP contribution in [0.3, 0.4) is 0 Å². The summed E-state index contributed by atoms with van der Waals surface area (Å²) in [6.45, 7) is 5.94. The summed E-state index contributed by atoms with van der Waals surface area (Å²) in [7, 11) is 2.56. The molecule has 2 saturated carbocycles. The average molecular weight is 382 g/mol. The third-order valence-corrected chi connectivity index (χ3v) is 7.23. The van der Waals surface area contributed by atoms with Gasteiger partial charge in [-0.25, -0.2) is 0 Å². The molecule has 2 aliphatic carbocycles. The van der Waals surface area contributed by atoms with E-state index in [2.05, 4.69) is 20.9 Å². The first kappa shape index (κ1) is 24.5. The highest BCUT2D eigenvalue weighted by Gasteiger charge is 2.39. The minimum Gasteiger partial charge on any atom is -0.550 e. The van der Waals surface area contributed by atoms with Gasteiger partial charge in [-0.3, -0.25) is 0 Å². The van der Waals surface area contributed by atoms with Gasteiger partial charge in [0.2, 0.25) is 0 Å². The molecule has 0 aliphatic heterocycles. The molecule has 2 aliphatic rings. The number of rotatable bonds is 10. The van der Waals surface area contributed by atoms with Crippen LogP contribution in [0.25, 0.3) is 0 Å². The van der Waals surface area contributed by atoms with Crippen molar-refractivity contribution in [3.05, 3.63) is 0 Å². The maximum Gasteiger partial charge on any atom is 0.0890 e. The first-order valence-electron chi connectivity index (χ1n) is 12.1. The van der Waals surface area contributed by atoms with E-state index in [0.29, 0.717) is 0 Å². The summed E-state index contributed by atoms with van der Waals surface area (Å²) in [4.78, 5) is 9.98. The van der Waals surface area contributed by atoms with E-state index in [4.69, 9.17) is 0 Å². The Hall–Kier alpha value is -0.570. The van der Waals surface area contributed by atoms with Crippen molar-refractivity contribution in [2.75, 3.05) is 13.6 Å². The molecule has 0 aromatic heterocycles. The van der Waals surface area contributed by atoms with Crippen LogP contribution in [0, 0.1) is 0 Å². The predicted octanol–water partition coefficient (Wildman–Crippen LogP) is 5.61. The van der Waals surface area contributed by atoms with Crippen LogP contribution in [0.4, 0.5) is 0 Å². The van der Waals surface area contributed by atoms with E-state index in [1.807, 2.05) is 0 Å². The summed E-state index contributed by atoms with van der Waals surface area (Å²) in [5, 5.41) is 9.98. The number of aliphatic carboxylic acids is 1. The van der Waals surface area contributed by atoms with Crippen LogP contribution >= 0.6 is 0 Å². The molecule has 0 spiro atoms. The molecular weight excluding hydrogens is 334 g/mol. The molecule has 0 aromatic carbocycles. The predicted molar refractivity (Wildman–Crippen MR) is 113 cm³/mol. The quantitative estimate of drug-likeness (QED) is 0.365.